The van der Waals surface area contributed by atoms with E-state index in [0.29, 0.717) is 22.1 Å². The SMILES string of the molecule is O=C(O)c1ccc2c(c1)c1ccncc1n2-c1ccc(C(F)(F)F)cc1. The third kappa shape index (κ3) is 2.48. The van der Waals surface area contributed by atoms with Crippen molar-refractivity contribution in [2.75, 3.05) is 0 Å². The highest BCUT2D eigenvalue weighted by atomic mass is 19.4. The van der Waals surface area contributed by atoms with Gasteiger partial charge in [0.1, 0.15) is 0 Å². The number of benzene rings is 2. The fourth-order valence-corrected chi connectivity index (χ4v) is 3.08. The monoisotopic (exact) mass is 356 g/mol. The van der Waals surface area contributed by atoms with Crippen molar-refractivity contribution < 1.29 is 23.1 Å². The first-order valence-electron chi connectivity index (χ1n) is 7.65. The van der Waals surface area contributed by atoms with Crippen LogP contribution in [0.15, 0.2) is 60.9 Å². The quantitative estimate of drug-likeness (QED) is 0.556. The Hall–Kier alpha value is -3.35. The molecular formula is C19H11F3N2O2. The van der Waals surface area contributed by atoms with Gasteiger partial charge in [-0.3, -0.25) is 4.98 Å². The average molecular weight is 356 g/mol. The number of carboxylic acids is 1. The molecule has 1 N–H and O–H groups in total. The summed E-state index contributed by atoms with van der Waals surface area (Å²) < 4.78 is 40.2. The van der Waals surface area contributed by atoms with Gasteiger partial charge in [-0.15, -0.1) is 0 Å². The van der Waals surface area contributed by atoms with Crippen molar-refractivity contribution in [3.8, 4) is 5.69 Å². The van der Waals surface area contributed by atoms with E-state index in [4.69, 9.17) is 0 Å². The lowest BCUT2D eigenvalue weighted by Crippen LogP contribution is -2.05. The maximum absolute atomic E-state index is 12.8. The predicted molar refractivity (Wildman–Crippen MR) is 90.5 cm³/mol. The van der Waals surface area contributed by atoms with Crippen LogP contribution in [-0.2, 0) is 6.18 Å². The van der Waals surface area contributed by atoms with Crippen LogP contribution in [-0.4, -0.2) is 20.6 Å². The van der Waals surface area contributed by atoms with Gasteiger partial charge < -0.3 is 9.67 Å². The molecule has 0 radical (unpaired) electrons. The van der Waals surface area contributed by atoms with Crippen molar-refractivity contribution in [2.45, 2.75) is 6.18 Å². The van der Waals surface area contributed by atoms with Crippen LogP contribution >= 0.6 is 0 Å². The van der Waals surface area contributed by atoms with E-state index in [9.17, 15) is 23.1 Å². The van der Waals surface area contributed by atoms with Gasteiger partial charge in [0, 0.05) is 22.7 Å². The van der Waals surface area contributed by atoms with Crippen LogP contribution in [0.2, 0.25) is 0 Å². The Morgan fingerprint density at radius 2 is 1.69 bits per heavy atom. The second kappa shape index (κ2) is 5.59. The summed E-state index contributed by atoms with van der Waals surface area (Å²) in [7, 11) is 0. The smallest absolute Gasteiger partial charge is 0.416 e. The van der Waals surface area contributed by atoms with E-state index in [1.165, 1.54) is 18.2 Å². The molecule has 0 atom stereocenters. The van der Waals surface area contributed by atoms with Gasteiger partial charge in [0.2, 0.25) is 0 Å². The van der Waals surface area contributed by atoms with Crippen LogP contribution in [0.5, 0.6) is 0 Å². The van der Waals surface area contributed by atoms with Crippen LogP contribution in [0.4, 0.5) is 13.2 Å². The summed E-state index contributed by atoms with van der Waals surface area (Å²) in [6, 6.07) is 11.3. The Balaban J connectivity index is 2.00. The van der Waals surface area contributed by atoms with E-state index in [2.05, 4.69) is 4.98 Å². The molecule has 0 bridgehead atoms. The van der Waals surface area contributed by atoms with Crippen molar-refractivity contribution in [1.82, 2.24) is 9.55 Å². The number of fused-ring (bicyclic) bond motifs is 3. The van der Waals surface area contributed by atoms with Gasteiger partial charge in [-0.25, -0.2) is 4.79 Å². The van der Waals surface area contributed by atoms with Gasteiger partial charge in [0.05, 0.1) is 28.4 Å². The Morgan fingerprint density at radius 1 is 0.962 bits per heavy atom. The molecule has 0 aliphatic rings. The average Bonchev–Trinajstić information content (AvgIpc) is 2.95. The van der Waals surface area contributed by atoms with E-state index >= 15 is 0 Å². The molecule has 4 nitrogen and oxygen atoms in total. The lowest BCUT2D eigenvalue weighted by Gasteiger charge is -2.10. The van der Waals surface area contributed by atoms with Crippen LogP contribution in [0.3, 0.4) is 0 Å². The van der Waals surface area contributed by atoms with Crippen LogP contribution < -0.4 is 0 Å². The highest BCUT2D eigenvalue weighted by Crippen LogP contribution is 2.34. The molecule has 0 saturated carbocycles. The summed E-state index contributed by atoms with van der Waals surface area (Å²) in [5, 5.41) is 10.7. The van der Waals surface area contributed by atoms with Crippen LogP contribution in [0.25, 0.3) is 27.5 Å². The fraction of sp³-hybridized carbons (Fsp3) is 0.0526. The number of aromatic nitrogens is 2. The number of nitrogens with zero attached hydrogens (tertiary/aromatic N) is 2. The largest absolute Gasteiger partial charge is 0.478 e. The first-order chi connectivity index (χ1) is 12.4. The minimum Gasteiger partial charge on any atom is -0.478 e. The molecule has 2 aromatic heterocycles. The minimum absolute atomic E-state index is 0.140. The number of carboxylic acid groups (broad SMARTS) is 1. The van der Waals surface area contributed by atoms with E-state index in [1.54, 1.807) is 35.2 Å². The summed E-state index contributed by atoms with van der Waals surface area (Å²) in [6.45, 7) is 0. The van der Waals surface area contributed by atoms with Crippen LogP contribution in [0, 0.1) is 0 Å². The summed E-state index contributed by atoms with van der Waals surface area (Å²) in [6.07, 6.45) is -1.21. The number of rotatable bonds is 2. The Morgan fingerprint density at radius 3 is 2.35 bits per heavy atom. The molecule has 130 valence electrons. The molecule has 26 heavy (non-hydrogen) atoms. The van der Waals surface area contributed by atoms with Gasteiger partial charge in [0.25, 0.3) is 0 Å². The summed E-state index contributed by atoms with van der Waals surface area (Å²) >= 11 is 0. The highest BCUT2D eigenvalue weighted by Gasteiger charge is 2.30. The van der Waals surface area contributed by atoms with Crippen molar-refractivity contribution in [1.29, 1.82) is 0 Å². The fourth-order valence-electron chi connectivity index (χ4n) is 3.08. The lowest BCUT2D eigenvalue weighted by atomic mass is 10.1. The van der Waals surface area contributed by atoms with Gasteiger partial charge >= 0.3 is 12.1 Å². The van der Waals surface area contributed by atoms with Gasteiger partial charge in [0.15, 0.2) is 0 Å². The molecule has 0 saturated heterocycles. The first kappa shape index (κ1) is 16.1. The minimum atomic E-state index is -4.41. The molecule has 0 aliphatic carbocycles. The number of carbonyl (C=O) groups is 1. The Kier molecular flexibility index (Phi) is 3.47. The van der Waals surface area contributed by atoms with Gasteiger partial charge in [-0.05, 0) is 48.5 Å². The molecule has 4 rings (SSSR count). The van der Waals surface area contributed by atoms with Gasteiger partial charge in [-0.1, -0.05) is 0 Å². The zero-order valence-electron chi connectivity index (χ0n) is 13.2. The molecule has 0 unspecified atom stereocenters. The molecular weight excluding hydrogens is 345 g/mol. The maximum atomic E-state index is 12.8. The van der Waals surface area contributed by atoms with E-state index < -0.39 is 17.7 Å². The van der Waals surface area contributed by atoms with Crippen molar-refractivity contribution in [3.05, 3.63) is 72.1 Å². The molecule has 0 amide bonds. The molecule has 0 aliphatic heterocycles. The third-order valence-electron chi connectivity index (χ3n) is 4.27. The van der Waals surface area contributed by atoms with E-state index in [1.807, 2.05) is 0 Å². The second-order valence-electron chi connectivity index (χ2n) is 5.81. The molecule has 7 heteroatoms. The lowest BCUT2D eigenvalue weighted by molar-refractivity contribution is -0.137. The summed E-state index contributed by atoms with van der Waals surface area (Å²) in [5.41, 5.74) is 1.32. The number of hydrogen-bond acceptors (Lipinski definition) is 2. The van der Waals surface area contributed by atoms with Crippen molar-refractivity contribution in [2.24, 2.45) is 0 Å². The third-order valence-corrected chi connectivity index (χ3v) is 4.27. The molecule has 0 spiro atoms. The second-order valence-corrected chi connectivity index (χ2v) is 5.81. The molecule has 0 fully saturated rings. The summed E-state index contributed by atoms with van der Waals surface area (Å²) in [5.74, 6) is -1.05. The van der Waals surface area contributed by atoms with Crippen molar-refractivity contribution >= 4 is 27.8 Å². The molecule has 2 aromatic carbocycles. The Bertz CT molecular complexity index is 1150. The highest BCUT2D eigenvalue weighted by molar-refractivity contribution is 6.10. The Labute approximate surface area is 145 Å². The predicted octanol–water partition coefficient (Wildman–Crippen LogP) is 4.90. The first-order valence-corrected chi connectivity index (χ1v) is 7.65. The zero-order valence-corrected chi connectivity index (χ0v) is 13.2. The standard InChI is InChI=1S/C19H11F3N2O2/c20-19(21,22)12-2-4-13(5-3-12)24-16-6-1-11(18(25)26)9-15(16)14-7-8-23-10-17(14)24/h1-10H,(H,25,26). The molecule has 4 aromatic rings. The number of aromatic carboxylic acids is 1. The molecule has 2 heterocycles. The van der Waals surface area contributed by atoms with Crippen LogP contribution in [0.1, 0.15) is 15.9 Å². The topological polar surface area (TPSA) is 55.1 Å². The zero-order chi connectivity index (χ0) is 18.5. The normalized spacial score (nSPS) is 12.0. The number of halogens is 3. The number of pyridine rings is 1. The number of hydrogen-bond donors (Lipinski definition) is 1. The van der Waals surface area contributed by atoms with E-state index in [0.717, 1.165) is 17.5 Å². The number of alkyl halides is 3. The van der Waals surface area contributed by atoms with Gasteiger partial charge in [-0.2, -0.15) is 13.2 Å². The van der Waals surface area contributed by atoms with Crippen molar-refractivity contribution in [3.63, 3.8) is 0 Å². The summed E-state index contributed by atoms with van der Waals surface area (Å²) in [4.78, 5) is 15.4. The van der Waals surface area contributed by atoms with E-state index in [-0.39, 0.29) is 5.56 Å². The maximum Gasteiger partial charge on any atom is 0.416 e.